The van der Waals surface area contributed by atoms with Crippen LogP contribution in [-0.4, -0.2) is 29.4 Å². The molecule has 0 unspecified atom stereocenters. The zero-order valence-electron chi connectivity index (χ0n) is 7.98. The van der Waals surface area contributed by atoms with Crippen molar-refractivity contribution < 1.29 is 10.2 Å². The molecule has 3 nitrogen and oxygen atoms in total. The Hall–Kier alpha value is -1.06. The second-order valence-electron chi connectivity index (χ2n) is 3.73. The Morgan fingerprint density at radius 3 is 2.79 bits per heavy atom. The summed E-state index contributed by atoms with van der Waals surface area (Å²) in [6.45, 7) is 1.51. The molecule has 0 saturated carbocycles. The quantitative estimate of drug-likeness (QED) is 0.619. The van der Waals surface area contributed by atoms with Gasteiger partial charge in [-0.05, 0) is 24.6 Å². The van der Waals surface area contributed by atoms with Crippen LogP contribution in [0.2, 0.25) is 0 Å². The van der Waals surface area contributed by atoms with Gasteiger partial charge in [-0.1, -0.05) is 18.2 Å². The average molecular weight is 193 g/mol. The molecule has 0 amide bonds. The summed E-state index contributed by atoms with van der Waals surface area (Å²) < 4.78 is 0. The lowest BCUT2D eigenvalue weighted by atomic mass is 9.87. The molecular formula is C11H15NO2. The predicted octanol–water partition coefficient (Wildman–Crippen LogP) is 0.830. The number of rotatable bonds is 1. The molecule has 1 heterocycles. The second-order valence-corrected chi connectivity index (χ2v) is 3.73. The van der Waals surface area contributed by atoms with E-state index in [1.54, 1.807) is 12.1 Å². The average Bonchev–Trinajstić information content (AvgIpc) is 2.20. The summed E-state index contributed by atoms with van der Waals surface area (Å²) >= 11 is 0. The van der Waals surface area contributed by atoms with E-state index in [4.69, 9.17) is 0 Å². The Morgan fingerprint density at radius 2 is 2.07 bits per heavy atom. The van der Waals surface area contributed by atoms with Gasteiger partial charge >= 0.3 is 0 Å². The fourth-order valence-corrected chi connectivity index (χ4v) is 2.01. The fourth-order valence-electron chi connectivity index (χ4n) is 2.01. The van der Waals surface area contributed by atoms with E-state index in [1.807, 2.05) is 12.1 Å². The Bertz CT molecular complexity index is 314. The van der Waals surface area contributed by atoms with Gasteiger partial charge in [0.25, 0.3) is 0 Å². The van der Waals surface area contributed by atoms with Crippen LogP contribution >= 0.6 is 0 Å². The predicted molar refractivity (Wildman–Crippen MR) is 54.3 cm³/mol. The van der Waals surface area contributed by atoms with Crippen molar-refractivity contribution in [3.8, 4) is 5.75 Å². The van der Waals surface area contributed by atoms with Crippen molar-refractivity contribution in [2.45, 2.75) is 18.4 Å². The minimum Gasteiger partial charge on any atom is -0.508 e. The molecule has 14 heavy (non-hydrogen) atoms. The van der Waals surface area contributed by atoms with Gasteiger partial charge in [-0.25, -0.2) is 0 Å². The van der Waals surface area contributed by atoms with Gasteiger partial charge < -0.3 is 15.5 Å². The van der Waals surface area contributed by atoms with Crippen molar-refractivity contribution in [1.29, 1.82) is 0 Å². The molecule has 1 aromatic carbocycles. The molecule has 0 aromatic heterocycles. The first-order chi connectivity index (χ1) is 6.79. The van der Waals surface area contributed by atoms with Crippen LogP contribution in [0.15, 0.2) is 24.3 Å². The van der Waals surface area contributed by atoms with Crippen molar-refractivity contribution in [2.24, 2.45) is 0 Å². The van der Waals surface area contributed by atoms with Crippen LogP contribution in [0.25, 0.3) is 0 Å². The third-order valence-corrected chi connectivity index (χ3v) is 2.79. The zero-order valence-corrected chi connectivity index (χ0v) is 7.98. The molecule has 3 N–H and O–H groups in total. The molecule has 3 heteroatoms. The number of phenolic OH excluding ortho intramolecular Hbond substituents is 1. The number of phenols is 1. The molecule has 1 saturated heterocycles. The summed E-state index contributed by atoms with van der Waals surface area (Å²) in [5.74, 6) is 0.357. The van der Waals surface area contributed by atoms with Gasteiger partial charge in [-0.15, -0.1) is 0 Å². The molecule has 2 atom stereocenters. The first kappa shape index (κ1) is 9.49. The van der Waals surface area contributed by atoms with E-state index >= 15 is 0 Å². The van der Waals surface area contributed by atoms with E-state index in [2.05, 4.69) is 5.32 Å². The number of piperidine rings is 1. The largest absolute Gasteiger partial charge is 0.508 e. The van der Waals surface area contributed by atoms with E-state index in [0.29, 0.717) is 12.3 Å². The Labute approximate surface area is 83.4 Å². The molecular weight excluding hydrogens is 178 g/mol. The number of benzene rings is 1. The molecule has 0 radical (unpaired) electrons. The molecule has 76 valence electrons. The maximum Gasteiger partial charge on any atom is 0.119 e. The highest BCUT2D eigenvalue weighted by Gasteiger charge is 2.25. The molecule has 0 spiro atoms. The first-order valence-electron chi connectivity index (χ1n) is 4.95. The summed E-state index contributed by atoms with van der Waals surface area (Å²) in [5.41, 5.74) is 0.863. The van der Waals surface area contributed by atoms with Gasteiger partial charge in [0.1, 0.15) is 5.75 Å². The summed E-state index contributed by atoms with van der Waals surface area (Å²) in [6.07, 6.45) is 0.482. The van der Waals surface area contributed by atoms with Crippen LogP contribution in [0.4, 0.5) is 0 Å². The Morgan fingerprint density at radius 1 is 1.29 bits per heavy atom. The lowest BCUT2D eigenvalue weighted by Gasteiger charge is -2.29. The Balaban J connectivity index is 2.25. The van der Waals surface area contributed by atoms with Crippen molar-refractivity contribution >= 4 is 0 Å². The standard InChI is InChI=1S/C11H15NO2/c13-10-4-2-1-3-8(10)9-5-6-12-7-11(9)14/h1-4,9,11-14H,5-7H2/t9-,11+/m1/s1. The topological polar surface area (TPSA) is 52.5 Å². The van der Waals surface area contributed by atoms with Crippen LogP contribution in [0.3, 0.4) is 0 Å². The van der Waals surface area contributed by atoms with E-state index in [1.165, 1.54) is 0 Å². The van der Waals surface area contributed by atoms with Crippen LogP contribution in [0.1, 0.15) is 17.9 Å². The molecule has 2 rings (SSSR count). The number of para-hydroxylation sites is 1. The molecule has 0 aliphatic carbocycles. The fraction of sp³-hybridized carbons (Fsp3) is 0.455. The van der Waals surface area contributed by atoms with Gasteiger partial charge in [0.15, 0.2) is 0 Å². The van der Waals surface area contributed by atoms with Gasteiger partial charge in [0.2, 0.25) is 0 Å². The van der Waals surface area contributed by atoms with Crippen LogP contribution in [0.5, 0.6) is 5.75 Å². The zero-order chi connectivity index (χ0) is 9.97. The number of hydrogen-bond acceptors (Lipinski definition) is 3. The highest BCUT2D eigenvalue weighted by Crippen LogP contribution is 2.31. The number of hydrogen-bond donors (Lipinski definition) is 3. The maximum atomic E-state index is 9.77. The number of aromatic hydroxyl groups is 1. The SMILES string of the molecule is Oc1ccccc1[C@H]1CCNC[C@@H]1O. The third kappa shape index (κ3) is 1.74. The van der Waals surface area contributed by atoms with Crippen molar-refractivity contribution in [1.82, 2.24) is 5.32 Å². The van der Waals surface area contributed by atoms with E-state index in [9.17, 15) is 10.2 Å². The molecule has 1 fully saturated rings. The van der Waals surface area contributed by atoms with Crippen LogP contribution in [0, 0.1) is 0 Å². The van der Waals surface area contributed by atoms with Crippen molar-refractivity contribution in [3.63, 3.8) is 0 Å². The molecule has 1 aromatic rings. The lowest BCUT2D eigenvalue weighted by molar-refractivity contribution is 0.117. The Kier molecular flexibility index (Phi) is 2.70. The second kappa shape index (κ2) is 3.98. The van der Waals surface area contributed by atoms with Gasteiger partial charge in [-0.2, -0.15) is 0 Å². The summed E-state index contributed by atoms with van der Waals surface area (Å²) in [4.78, 5) is 0. The van der Waals surface area contributed by atoms with Gasteiger partial charge in [0, 0.05) is 12.5 Å². The van der Waals surface area contributed by atoms with Gasteiger partial charge in [0.05, 0.1) is 6.10 Å². The summed E-state index contributed by atoms with van der Waals surface area (Å²) in [6, 6.07) is 7.24. The monoisotopic (exact) mass is 193 g/mol. The highest BCUT2D eigenvalue weighted by molar-refractivity contribution is 5.35. The smallest absolute Gasteiger partial charge is 0.119 e. The molecule has 1 aliphatic heterocycles. The normalized spacial score (nSPS) is 27.5. The van der Waals surface area contributed by atoms with E-state index in [-0.39, 0.29) is 5.92 Å². The van der Waals surface area contributed by atoms with Crippen molar-refractivity contribution in [3.05, 3.63) is 29.8 Å². The van der Waals surface area contributed by atoms with Gasteiger partial charge in [-0.3, -0.25) is 0 Å². The minimum absolute atomic E-state index is 0.0671. The highest BCUT2D eigenvalue weighted by atomic mass is 16.3. The number of aliphatic hydroxyl groups excluding tert-OH is 1. The van der Waals surface area contributed by atoms with E-state index < -0.39 is 6.10 Å². The number of β-amino-alcohol motifs (C(OH)–C–C–N with tert-alkyl or cyclic N) is 1. The number of nitrogens with one attached hydrogen (secondary N) is 1. The van der Waals surface area contributed by atoms with E-state index in [0.717, 1.165) is 18.5 Å². The van der Waals surface area contributed by atoms with Crippen LogP contribution in [-0.2, 0) is 0 Å². The molecule has 0 bridgehead atoms. The summed E-state index contributed by atoms with van der Waals surface area (Å²) in [5, 5.41) is 22.5. The third-order valence-electron chi connectivity index (χ3n) is 2.79. The summed E-state index contributed by atoms with van der Waals surface area (Å²) in [7, 11) is 0. The first-order valence-corrected chi connectivity index (χ1v) is 4.95. The molecule has 1 aliphatic rings. The number of aliphatic hydroxyl groups is 1. The lowest BCUT2D eigenvalue weighted by Crippen LogP contribution is -2.39. The minimum atomic E-state index is -0.392. The van der Waals surface area contributed by atoms with Crippen LogP contribution < -0.4 is 5.32 Å². The maximum absolute atomic E-state index is 9.77. The van der Waals surface area contributed by atoms with Crippen molar-refractivity contribution in [2.75, 3.05) is 13.1 Å².